The second-order valence-electron chi connectivity index (χ2n) is 7.42. The highest BCUT2D eigenvalue weighted by atomic mass is 35.5. The number of carbonyl (C=O) groups excluding carboxylic acids is 3. The third-order valence-electron chi connectivity index (χ3n) is 5.34. The number of halogens is 2. The molecule has 1 aromatic carbocycles. The minimum absolute atomic E-state index is 0.106. The number of hydrogen-bond acceptors (Lipinski definition) is 6. The van der Waals surface area contributed by atoms with E-state index in [0.29, 0.717) is 41.9 Å². The highest BCUT2D eigenvalue weighted by Gasteiger charge is 2.35. The summed E-state index contributed by atoms with van der Waals surface area (Å²) >= 11 is 11.9. The molecule has 1 fully saturated rings. The lowest BCUT2D eigenvalue weighted by atomic mass is 10.2. The summed E-state index contributed by atoms with van der Waals surface area (Å²) in [7, 11) is 0. The van der Waals surface area contributed by atoms with Gasteiger partial charge in [0.05, 0.1) is 29.8 Å². The summed E-state index contributed by atoms with van der Waals surface area (Å²) in [6, 6.07) is 4.94. The van der Waals surface area contributed by atoms with E-state index < -0.39 is 17.6 Å². The quantitative estimate of drug-likeness (QED) is 0.661. The molecule has 32 heavy (non-hydrogen) atoms. The number of morpholine rings is 1. The van der Waals surface area contributed by atoms with E-state index in [0.717, 1.165) is 0 Å². The highest BCUT2D eigenvalue weighted by molar-refractivity contribution is 6.42. The first-order valence-electron chi connectivity index (χ1n) is 10.0. The van der Waals surface area contributed by atoms with Crippen LogP contribution in [-0.2, 0) is 22.6 Å². The molecule has 0 atom stereocenters. The first-order chi connectivity index (χ1) is 15.3. The predicted molar refractivity (Wildman–Crippen MR) is 115 cm³/mol. The Morgan fingerprint density at radius 2 is 1.88 bits per heavy atom. The van der Waals surface area contributed by atoms with Gasteiger partial charge in [0, 0.05) is 26.2 Å². The Hall–Kier alpha value is -2.82. The molecule has 3 amide bonds. The van der Waals surface area contributed by atoms with Crippen LogP contribution >= 0.6 is 23.2 Å². The van der Waals surface area contributed by atoms with Crippen molar-refractivity contribution in [3.63, 3.8) is 0 Å². The van der Waals surface area contributed by atoms with Crippen LogP contribution in [0.3, 0.4) is 0 Å². The van der Waals surface area contributed by atoms with E-state index in [2.05, 4.69) is 10.4 Å². The van der Waals surface area contributed by atoms with Crippen molar-refractivity contribution in [2.24, 2.45) is 0 Å². The Bertz CT molecular complexity index is 1070. The Kier molecular flexibility index (Phi) is 6.54. The lowest BCUT2D eigenvalue weighted by Crippen LogP contribution is -2.49. The Labute approximate surface area is 193 Å². The number of ether oxygens (including phenoxy) is 1. The lowest BCUT2D eigenvalue weighted by molar-refractivity contribution is -0.136. The molecule has 2 aromatic rings. The van der Waals surface area contributed by atoms with Crippen LogP contribution < -0.4 is 5.32 Å². The molecular formula is C20H21Cl2N5O5. The van der Waals surface area contributed by atoms with E-state index in [-0.39, 0.29) is 43.5 Å². The fraction of sp³-hybridized carbons (Fsp3) is 0.400. The van der Waals surface area contributed by atoms with E-state index >= 15 is 0 Å². The fourth-order valence-corrected chi connectivity index (χ4v) is 3.91. The number of fused-ring (bicyclic) bond motifs is 1. The summed E-state index contributed by atoms with van der Waals surface area (Å²) in [4.78, 5) is 41.0. The van der Waals surface area contributed by atoms with Crippen molar-refractivity contribution in [2.75, 3.05) is 39.4 Å². The van der Waals surface area contributed by atoms with Crippen LogP contribution in [0.4, 0.5) is 0 Å². The number of rotatable bonds is 5. The normalized spacial score (nSPS) is 16.1. The lowest BCUT2D eigenvalue weighted by Gasteiger charge is -2.31. The van der Waals surface area contributed by atoms with Crippen molar-refractivity contribution in [1.82, 2.24) is 24.9 Å². The number of nitrogens with one attached hydrogen (secondary N) is 1. The molecule has 12 heteroatoms. The molecule has 3 heterocycles. The molecule has 170 valence electrons. The van der Waals surface area contributed by atoms with Crippen LogP contribution in [0.25, 0.3) is 0 Å². The molecule has 0 spiro atoms. The van der Waals surface area contributed by atoms with Gasteiger partial charge >= 0.3 is 0 Å². The second-order valence-corrected chi connectivity index (χ2v) is 8.23. The third-order valence-corrected chi connectivity index (χ3v) is 6.08. The van der Waals surface area contributed by atoms with Crippen molar-refractivity contribution in [1.29, 1.82) is 0 Å². The van der Waals surface area contributed by atoms with Crippen LogP contribution in [0.15, 0.2) is 18.2 Å². The molecule has 0 bridgehead atoms. The van der Waals surface area contributed by atoms with Crippen LogP contribution in [0.5, 0.6) is 5.75 Å². The maximum absolute atomic E-state index is 12.9. The second kappa shape index (κ2) is 9.35. The van der Waals surface area contributed by atoms with Crippen molar-refractivity contribution >= 4 is 40.9 Å². The molecule has 1 saturated heterocycles. The third kappa shape index (κ3) is 4.52. The maximum Gasteiger partial charge on any atom is 0.276 e. The minimum atomic E-state index is -0.640. The summed E-state index contributed by atoms with van der Waals surface area (Å²) in [6.07, 6.45) is 0. The average Bonchev–Trinajstić information content (AvgIpc) is 3.14. The number of benzene rings is 1. The highest BCUT2D eigenvalue weighted by Crippen LogP contribution is 2.27. The summed E-state index contributed by atoms with van der Waals surface area (Å²) in [5.41, 5.74) is 0.348. The maximum atomic E-state index is 12.9. The van der Waals surface area contributed by atoms with Crippen LogP contribution in [0.1, 0.15) is 26.5 Å². The van der Waals surface area contributed by atoms with E-state index in [9.17, 15) is 19.5 Å². The Morgan fingerprint density at radius 1 is 1.12 bits per heavy atom. The zero-order valence-corrected chi connectivity index (χ0v) is 18.5. The molecule has 0 radical (unpaired) electrons. The van der Waals surface area contributed by atoms with E-state index in [1.54, 1.807) is 23.1 Å². The predicted octanol–water partition coefficient (Wildman–Crippen LogP) is 1.14. The van der Waals surface area contributed by atoms with Gasteiger partial charge in [0.25, 0.3) is 11.8 Å². The molecule has 0 saturated carbocycles. The number of amides is 3. The molecular weight excluding hydrogens is 461 g/mol. The SMILES string of the molecule is O=C(NCc1ccc(Cl)c(Cl)c1)c1nn2c(c1O)C(=O)N(CC(=O)N1CCOCC1)CC2. The molecule has 4 rings (SSSR count). The number of hydrogen-bond donors (Lipinski definition) is 2. The van der Waals surface area contributed by atoms with Gasteiger partial charge in [-0.2, -0.15) is 5.10 Å². The van der Waals surface area contributed by atoms with Gasteiger partial charge in [0.15, 0.2) is 17.1 Å². The van der Waals surface area contributed by atoms with Gasteiger partial charge in [-0.3, -0.25) is 19.1 Å². The zero-order chi connectivity index (χ0) is 22.8. The first kappa shape index (κ1) is 22.4. The Balaban J connectivity index is 1.43. The van der Waals surface area contributed by atoms with Gasteiger partial charge in [0.1, 0.15) is 6.54 Å². The van der Waals surface area contributed by atoms with E-state index in [1.807, 2.05) is 0 Å². The van der Waals surface area contributed by atoms with Crippen molar-refractivity contribution < 1.29 is 24.2 Å². The van der Waals surface area contributed by atoms with E-state index in [4.69, 9.17) is 27.9 Å². The topological polar surface area (TPSA) is 117 Å². The van der Waals surface area contributed by atoms with Gasteiger partial charge < -0.3 is 25.0 Å². The molecule has 2 N–H and O–H groups in total. The number of nitrogens with zero attached hydrogens (tertiary/aromatic N) is 4. The molecule has 0 unspecified atom stereocenters. The number of aromatic nitrogens is 2. The van der Waals surface area contributed by atoms with Gasteiger partial charge in [-0.15, -0.1) is 0 Å². The molecule has 1 aromatic heterocycles. The molecule has 2 aliphatic heterocycles. The van der Waals surface area contributed by atoms with Gasteiger partial charge in [-0.05, 0) is 17.7 Å². The van der Waals surface area contributed by atoms with Crippen LogP contribution in [0.2, 0.25) is 10.0 Å². The molecule has 2 aliphatic rings. The largest absolute Gasteiger partial charge is 0.504 e. The first-order valence-corrected chi connectivity index (χ1v) is 10.8. The van der Waals surface area contributed by atoms with Crippen LogP contribution in [0, 0.1) is 0 Å². The molecule has 10 nitrogen and oxygen atoms in total. The van der Waals surface area contributed by atoms with Gasteiger partial charge in [-0.25, -0.2) is 0 Å². The van der Waals surface area contributed by atoms with Gasteiger partial charge in [-0.1, -0.05) is 29.3 Å². The van der Waals surface area contributed by atoms with Crippen LogP contribution in [-0.4, -0.2) is 81.8 Å². The fourth-order valence-electron chi connectivity index (χ4n) is 3.59. The van der Waals surface area contributed by atoms with Crippen molar-refractivity contribution in [3.05, 3.63) is 45.2 Å². The summed E-state index contributed by atoms with van der Waals surface area (Å²) in [5, 5.41) is 18.0. The molecule has 0 aliphatic carbocycles. The van der Waals surface area contributed by atoms with Crippen molar-refractivity contribution in [2.45, 2.75) is 13.1 Å². The summed E-state index contributed by atoms with van der Waals surface area (Å²) in [5.74, 6) is -1.88. The summed E-state index contributed by atoms with van der Waals surface area (Å²) in [6.45, 7) is 2.41. The van der Waals surface area contributed by atoms with E-state index in [1.165, 1.54) is 9.58 Å². The average molecular weight is 482 g/mol. The number of aromatic hydroxyl groups is 1. The van der Waals surface area contributed by atoms with Crippen molar-refractivity contribution in [3.8, 4) is 5.75 Å². The number of carbonyl (C=O) groups is 3. The Morgan fingerprint density at radius 3 is 2.59 bits per heavy atom. The monoisotopic (exact) mass is 481 g/mol. The smallest absolute Gasteiger partial charge is 0.276 e. The standard InChI is InChI=1S/C20H21Cl2N5O5/c21-13-2-1-12(9-14(13)22)10-23-19(30)16-18(29)17-20(31)26(3-4-27(17)24-16)11-15(28)25-5-7-32-8-6-25/h1-2,9,29H,3-8,10-11H2,(H,23,30). The minimum Gasteiger partial charge on any atom is -0.504 e. The van der Waals surface area contributed by atoms with Gasteiger partial charge in [0.2, 0.25) is 5.91 Å². The summed E-state index contributed by atoms with van der Waals surface area (Å²) < 4.78 is 6.53. The zero-order valence-electron chi connectivity index (χ0n) is 17.0.